The molecule has 1 aromatic rings. The number of rotatable bonds is 3. The number of esters is 1. The molecule has 69 valence electrons. The van der Waals surface area contributed by atoms with Crippen molar-refractivity contribution in [3.63, 3.8) is 0 Å². The highest BCUT2D eigenvalue weighted by atomic mass is 16.5. The van der Waals surface area contributed by atoms with Crippen molar-refractivity contribution in [3.05, 3.63) is 41.8 Å². The fourth-order valence-electron chi connectivity index (χ4n) is 1.11. The molecule has 0 aromatic heterocycles. The van der Waals surface area contributed by atoms with Gasteiger partial charge >= 0.3 is 5.97 Å². The Balaban J connectivity index is 2.75. The fraction of sp³-hybridized carbons (Fsp3) is 0.273. The number of benzene rings is 1. The lowest BCUT2D eigenvalue weighted by molar-refractivity contribution is 0.0601. The molecule has 0 fully saturated rings. The Hall–Kier alpha value is -1.31. The third-order valence-corrected chi connectivity index (χ3v) is 1.77. The molecule has 0 aliphatic heterocycles. The van der Waals surface area contributed by atoms with Crippen LogP contribution in [0.4, 0.5) is 0 Å². The summed E-state index contributed by atoms with van der Waals surface area (Å²) >= 11 is 0. The van der Waals surface area contributed by atoms with Crippen molar-refractivity contribution in [3.8, 4) is 0 Å². The molecular formula is C11H13O2. The lowest BCUT2D eigenvalue weighted by atomic mass is 10.1. The first-order chi connectivity index (χ1) is 6.27. The van der Waals surface area contributed by atoms with Gasteiger partial charge < -0.3 is 4.74 Å². The van der Waals surface area contributed by atoms with Crippen LogP contribution >= 0.6 is 0 Å². The van der Waals surface area contributed by atoms with Gasteiger partial charge in [-0.15, -0.1) is 0 Å². The Kier molecular flexibility index (Phi) is 3.50. The predicted octanol–water partition coefficient (Wildman–Crippen LogP) is 2.44. The van der Waals surface area contributed by atoms with Gasteiger partial charge in [0.2, 0.25) is 0 Å². The van der Waals surface area contributed by atoms with Crippen LogP contribution in [0.1, 0.15) is 29.3 Å². The summed E-state index contributed by atoms with van der Waals surface area (Å²) in [4.78, 5) is 11.1. The van der Waals surface area contributed by atoms with Crippen LogP contribution in [0.25, 0.3) is 0 Å². The molecule has 0 atom stereocenters. The maximum absolute atomic E-state index is 11.1. The first-order valence-corrected chi connectivity index (χ1v) is 4.29. The van der Waals surface area contributed by atoms with E-state index in [-0.39, 0.29) is 5.97 Å². The van der Waals surface area contributed by atoms with Crippen LogP contribution in [0.15, 0.2) is 24.3 Å². The predicted molar refractivity (Wildman–Crippen MR) is 51.5 cm³/mol. The van der Waals surface area contributed by atoms with Gasteiger partial charge in [-0.05, 0) is 30.5 Å². The zero-order chi connectivity index (χ0) is 9.68. The number of hydrogen-bond donors (Lipinski definition) is 0. The summed E-state index contributed by atoms with van der Waals surface area (Å²) in [6.07, 6.45) is 3.10. The molecule has 0 aliphatic rings. The molecule has 1 aromatic carbocycles. The Bertz CT molecular complexity index is 275. The fourth-order valence-corrected chi connectivity index (χ4v) is 1.11. The van der Waals surface area contributed by atoms with Crippen molar-refractivity contribution >= 4 is 5.97 Å². The largest absolute Gasteiger partial charge is 0.465 e. The highest BCUT2D eigenvalue weighted by Gasteiger charge is 2.03. The minimum Gasteiger partial charge on any atom is -0.465 e. The van der Waals surface area contributed by atoms with Gasteiger partial charge in [-0.1, -0.05) is 19.1 Å². The standard InChI is InChI=1S/C11H13O2/c1-3-4-9-5-7-10(8-6-9)11(12)13-2/h4-8H,3H2,1-2H3. The van der Waals surface area contributed by atoms with E-state index in [2.05, 4.69) is 18.1 Å². The van der Waals surface area contributed by atoms with Crippen molar-refractivity contribution in [2.45, 2.75) is 13.3 Å². The zero-order valence-corrected chi connectivity index (χ0v) is 7.91. The van der Waals surface area contributed by atoms with Crippen LogP contribution in [0.5, 0.6) is 0 Å². The third-order valence-electron chi connectivity index (χ3n) is 1.77. The van der Waals surface area contributed by atoms with Crippen molar-refractivity contribution in [2.75, 3.05) is 7.11 Å². The van der Waals surface area contributed by atoms with E-state index < -0.39 is 0 Å². The van der Waals surface area contributed by atoms with E-state index in [1.807, 2.05) is 12.1 Å². The maximum atomic E-state index is 11.1. The van der Waals surface area contributed by atoms with Gasteiger partial charge in [0.15, 0.2) is 0 Å². The van der Waals surface area contributed by atoms with Crippen LogP contribution in [-0.4, -0.2) is 13.1 Å². The molecule has 2 nitrogen and oxygen atoms in total. The first-order valence-electron chi connectivity index (χ1n) is 4.29. The molecule has 0 N–H and O–H groups in total. The second-order valence-electron chi connectivity index (χ2n) is 2.73. The highest BCUT2D eigenvalue weighted by Crippen LogP contribution is 2.08. The van der Waals surface area contributed by atoms with Crippen molar-refractivity contribution in [2.24, 2.45) is 0 Å². The van der Waals surface area contributed by atoms with Crippen LogP contribution in [0, 0.1) is 6.42 Å². The normalized spacial score (nSPS) is 9.69. The van der Waals surface area contributed by atoms with Crippen LogP contribution in [0.2, 0.25) is 0 Å². The van der Waals surface area contributed by atoms with Gasteiger partial charge in [0, 0.05) is 0 Å². The molecule has 0 amide bonds. The summed E-state index contributed by atoms with van der Waals surface area (Å²) in [5, 5.41) is 0. The third kappa shape index (κ3) is 2.58. The summed E-state index contributed by atoms with van der Waals surface area (Å²) in [5.41, 5.74) is 1.73. The molecule has 0 spiro atoms. The van der Waals surface area contributed by atoms with E-state index in [1.165, 1.54) is 7.11 Å². The molecule has 13 heavy (non-hydrogen) atoms. The van der Waals surface area contributed by atoms with Gasteiger partial charge in [0.05, 0.1) is 12.7 Å². The van der Waals surface area contributed by atoms with Gasteiger partial charge in [0.25, 0.3) is 0 Å². The highest BCUT2D eigenvalue weighted by molar-refractivity contribution is 5.89. The zero-order valence-electron chi connectivity index (χ0n) is 7.91. The van der Waals surface area contributed by atoms with Gasteiger partial charge in [0.1, 0.15) is 0 Å². The number of ether oxygens (including phenoxy) is 1. The van der Waals surface area contributed by atoms with Gasteiger partial charge in [-0.3, -0.25) is 0 Å². The number of methoxy groups -OCH3 is 1. The second-order valence-corrected chi connectivity index (χ2v) is 2.73. The molecular weight excluding hydrogens is 164 g/mol. The molecule has 2 heteroatoms. The quantitative estimate of drug-likeness (QED) is 0.663. The molecule has 1 radical (unpaired) electrons. The summed E-state index contributed by atoms with van der Waals surface area (Å²) in [6, 6.07) is 7.37. The smallest absolute Gasteiger partial charge is 0.337 e. The minimum absolute atomic E-state index is 0.289. The summed E-state index contributed by atoms with van der Waals surface area (Å²) in [5.74, 6) is -0.289. The van der Waals surface area contributed by atoms with Gasteiger partial charge in [-0.25, -0.2) is 4.79 Å². The number of carbonyl (C=O) groups excluding carboxylic acids is 1. The second kappa shape index (κ2) is 4.65. The van der Waals surface area contributed by atoms with Crippen LogP contribution in [0.3, 0.4) is 0 Å². The molecule has 1 rings (SSSR count). The van der Waals surface area contributed by atoms with E-state index in [9.17, 15) is 4.79 Å². The van der Waals surface area contributed by atoms with Crippen molar-refractivity contribution < 1.29 is 9.53 Å². The lowest BCUT2D eigenvalue weighted by Crippen LogP contribution is -2.00. The molecule has 0 saturated heterocycles. The molecule has 0 bridgehead atoms. The summed E-state index contributed by atoms with van der Waals surface area (Å²) in [6.45, 7) is 2.08. The summed E-state index contributed by atoms with van der Waals surface area (Å²) < 4.78 is 4.59. The Morgan fingerprint density at radius 3 is 2.46 bits per heavy atom. The molecule has 0 heterocycles. The average molecular weight is 177 g/mol. The topological polar surface area (TPSA) is 26.3 Å². The van der Waals surface area contributed by atoms with Crippen molar-refractivity contribution in [1.82, 2.24) is 0 Å². The Labute approximate surface area is 78.5 Å². The Morgan fingerprint density at radius 1 is 1.38 bits per heavy atom. The van der Waals surface area contributed by atoms with E-state index in [4.69, 9.17) is 0 Å². The van der Waals surface area contributed by atoms with Crippen molar-refractivity contribution in [1.29, 1.82) is 0 Å². The maximum Gasteiger partial charge on any atom is 0.337 e. The van der Waals surface area contributed by atoms with E-state index in [0.717, 1.165) is 12.0 Å². The van der Waals surface area contributed by atoms with Crippen LogP contribution in [-0.2, 0) is 4.74 Å². The van der Waals surface area contributed by atoms with E-state index in [1.54, 1.807) is 12.1 Å². The SMILES string of the molecule is CC[CH]c1ccc(C(=O)OC)cc1. The van der Waals surface area contributed by atoms with Crippen LogP contribution < -0.4 is 0 Å². The Morgan fingerprint density at radius 2 is 2.00 bits per heavy atom. The van der Waals surface area contributed by atoms with E-state index >= 15 is 0 Å². The lowest BCUT2D eigenvalue weighted by Gasteiger charge is -2.00. The monoisotopic (exact) mass is 177 g/mol. The van der Waals surface area contributed by atoms with Gasteiger partial charge in [-0.2, -0.15) is 0 Å². The first kappa shape index (κ1) is 9.78. The number of hydrogen-bond acceptors (Lipinski definition) is 2. The number of carbonyl (C=O) groups is 1. The molecule has 0 aliphatic carbocycles. The molecule has 0 saturated carbocycles. The van der Waals surface area contributed by atoms with E-state index in [0.29, 0.717) is 5.56 Å². The summed E-state index contributed by atoms with van der Waals surface area (Å²) in [7, 11) is 1.38. The minimum atomic E-state index is -0.289. The average Bonchev–Trinajstić information content (AvgIpc) is 2.18. The molecule has 0 unspecified atom stereocenters.